The number of aliphatic carboxylic acids is 1. The summed E-state index contributed by atoms with van der Waals surface area (Å²) >= 11 is 0. The van der Waals surface area contributed by atoms with Crippen molar-refractivity contribution in [3.05, 3.63) is 0 Å². The van der Waals surface area contributed by atoms with Gasteiger partial charge in [-0.05, 0) is 25.7 Å². The van der Waals surface area contributed by atoms with Crippen molar-refractivity contribution in [2.45, 2.75) is 46.1 Å². The molecule has 0 radical (unpaired) electrons. The third-order valence-corrected chi connectivity index (χ3v) is 3.04. The van der Waals surface area contributed by atoms with Gasteiger partial charge in [-0.25, -0.2) is 4.79 Å². The van der Waals surface area contributed by atoms with Gasteiger partial charge in [-0.2, -0.15) is 0 Å². The zero-order chi connectivity index (χ0) is 13.7. The average molecular weight is 256 g/mol. The normalized spacial score (nSPS) is 14.7. The maximum Gasteiger partial charge on any atom is 0.320 e. The minimum Gasteiger partial charge on any atom is -0.481 e. The molecule has 1 N–H and O–H groups in total. The van der Waals surface area contributed by atoms with Crippen molar-refractivity contribution in [1.82, 2.24) is 9.80 Å². The third kappa shape index (κ3) is 4.55. The number of carboxylic acids is 1. The molecule has 5 nitrogen and oxygen atoms in total. The highest BCUT2D eigenvalue weighted by Gasteiger charge is 2.34. The zero-order valence-electron chi connectivity index (χ0n) is 11.6. The van der Waals surface area contributed by atoms with E-state index in [0.29, 0.717) is 25.0 Å². The SMILES string of the molecule is CCN(CCC(=O)O)C(=O)N(CC(C)C)C1CC1. The molecule has 0 aliphatic heterocycles. The first-order valence-electron chi connectivity index (χ1n) is 6.73. The number of amides is 2. The van der Waals surface area contributed by atoms with E-state index in [1.54, 1.807) is 4.90 Å². The van der Waals surface area contributed by atoms with Crippen LogP contribution in [0.25, 0.3) is 0 Å². The first-order chi connectivity index (χ1) is 8.45. The molecule has 1 fully saturated rings. The highest BCUT2D eigenvalue weighted by atomic mass is 16.4. The number of hydrogen-bond acceptors (Lipinski definition) is 2. The summed E-state index contributed by atoms with van der Waals surface area (Å²) in [5.74, 6) is -0.421. The second kappa shape index (κ2) is 6.61. The molecule has 1 aliphatic carbocycles. The number of rotatable bonds is 7. The molecule has 0 saturated heterocycles. The number of carboxylic acid groups (broad SMARTS) is 1. The quantitative estimate of drug-likeness (QED) is 0.758. The molecule has 5 heteroatoms. The topological polar surface area (TPSA) is 60.9 Å². The van der Waals surface area contributed by atoms with E-state index >= 15 is 0 Å². The summed E-state index contributed by atoms with van der Waals surface area (Å²) < 4.78 is 0. The van der Waals surface area contributed by atoms with Crippen LogP contribution in [0.3, 0.4) is 0 Å². The Bertz CT molecular complexity index is 301. The molecule has 1 saturated carbocycles. The maximum absolute atomic E-state index is 12.4. The van der Waals surface area contributed by atoms with Crippen LogP contribution in [0.2, 0.25) is 0 Å². The van der Waals surface area contributed by atoms with E-state index in [4.69, 9.17) is 5.11 Å². The molecule has 2 amide bonds. The molecule has 0 aromatic rings. The van der Waals surface area contributed by atoms with Gasteiger partial charge >= 0.3 is 12.0 Å². The number of nitrogens with zero attached hydrogens (tertiary/aromatic N) is 2. The van der Waals surface area contributed by atoms with Crippen LogP contribution in [-0.2, 0) is 4.79 Å². The first kappa shape index (κ1) is 14.8. The number of carbonyl (C=O) groups excluding carboxylic acids is 1. The second-order valence-electron chi connectivity index (χ2n) is 5.28. The van der Waals surface area contributed by atoms with Gasteiger partial charge in [0.2, 0.25) is 0 Å². The third-order valence-electron chi connectivity index (χ3n) is 3.04. The van der Waals surface area contributed by atoms with Crippen LogP contribution in [0, 0.1) is 5.92 Å². The van der Waals surface area contributed by atoms with Crippen molar-refractivity contribution < 1.29 is 14.7 Å². The highest BCUT2D eigenvalue weighted by molar-refractivity contribution is 5.76. The van der Waals surface area contributed by atoms with Gasteiger partial charge in [0.1, 0.15) is 0 Å². The van der Waals surface area contributed by atoms with Gasteiger partial charge in [-0.1, -0.05) is 13.8 Å². The van der Waals surface area contributed by atoms with Gasteiger partial charge in [0.25, 0.3) is 0 Å². The molecule has 0 aromatic heterocycles. The predicted octanol–water partition coefficient (Wildman–Crippen LogP) is 2.02. The Kier molecular flexibility index (Phi) is 5.44. The largest absolute Gasteiger partial charge is 0.481 e. The van der Waals surface area contributed by atoms with Gasteiger partial charge in [-0.15, -0.1) is 0 Å². The second-order valence-corrected chi connectivity index (χ2v) is 5.28. The van der Waals surface area contributed by atoms with Crippen molar-refractivity contribution in [1.29, 1.82) is 0 Å². The van der Waals surface area contributed by atoms with Crippen LogP contribution in [0.4, 0.5) is 4.79 Å². The standard InChI is InChI=1S/C13H24N2O3/c1-4-14(8-7-12(16)17)13(18)15(9-10(2)3)11-5-6-11/h10-11H,4-9H2,1-3H3,(H,16,17). The van der Waals surface area contributed by atoms with E-state index in [9.17, 15) is 9.59 Å². The van der Waals surface area contributed by atoms with Gasteiger partial charge in [0.15, 0.2) is 0 Å². The zero-order valence-corrected chi connectivity index (χ0v) is 11.6. The van der Waals surface area contributed by atoms with Gasteiger partial charge in [0, 0.05) is 25.7 Å². The first-order valence-corrected chi connectivity index (χ1v) is 6.73. The molecule has 0 bridgehead atoms. The molecule has 0 heterocycles. The Morgan fingerprint density at radius 1 is 1.33 bits per heavy atom. The van der Waals surface area contributed by atoms with E-state index in [1.165, 1.54) is 0 Å². The van der Waals surface area contributed by atoms with Crippen LogP contribution >= 0.6 is 0 Å². The molecule has 0 aromatic carbocycles. The molecule has 0 atom stereocenters. The van der Waals surface area contributed by atoms with E-state index in [2.05, 4.69) is 13.8 Å². The summed E-state index contributed by atoms with van der Waals surface area (Å²) in [5.41, 5.74) is 0. The molecule has 104 valence electrons. The van der Waals surface area contributed by atoms with Gasteiger partial charge in [0.05, 0.1) is 6.42 Å². The molecule has 1 aliphatic rings. The van der Waals surface area contributed by atoms with E-state index in [-0.39, 0.29) is 12.5 Å². The minimum absolute atomic E-state index is 0.00468. The molecular formula is C13H24N2O3. The fourth-order valence-electron chi connectivity index (χ4n) is 1.96. The molecular weight excluding hydrogens is 232 g/mol. The summed E-state index contributed by atoms with van der Waals surface area (Å²) in [4.78, 5) is 26.5. The molecule has 0 spiro atoms. The van der Waals surface area contributed by atoms with Crippen molar-refractivity contribution in [3.8, 4) is 0 Å². The molecule has 18 heavy (non-hydrogen) atoms. The van der Waals surface area contributed by atoms with E-state index in [0.717, 1.165) is 19.4 Å². The molecule has 0 unspecified atom stereocenters. The van der Waals surface area contributed by atoms with E-state index in [1.807, 2.05) is 11.8 Å². The molecule has 1 rings (SSSR count). The average Bonchev–Trinajstić information content (AvgIpc) is 3.09. The van der Waals surface area contributed by atoms with Crippen LogP contribution in [-0.4, -0.2) is 52.6 Å². The van der Waals surface area contributed by atoms with Crippen molar-refractivity contribution in [2.75, 3.05) is 19.6 Å². The highest BCUT2D eigenvalue weighted by Crippen LogP contribution is 2.28. The lowest BCUT2D eigenvalue weighted by Gasteiger charge is -2.31. The summed E-state index contributed by atoms with van der Waals surface area (Å²) in [7, 11) is 0. The smallest absolute Gasteiger partial charge is 0.320 e. The van der Waals surface area contributed by atoms with Crippen LogP contribution in [0.15, 0.2) is 0 Å². The van der Waals surface area contributed by atoms with Crippen LogP contribution in [0.5, 0.6) is 0 Å². The van der Waals surface area contributed by atoms with Crippen molar-refractivity contribution in [2.24, 2.45) is 5.92 Å². The maximum atomic E-state index is 12.4. The Morgan fingerprint density at radius 3 is 2.33 bits per heavy atom. The lowest BCUT2D eigenvalue weighted by Crippen LogP contribution is -2.46. The Labute approximate surface area is 109 Å². The van der Waals surface area contributed by atoms with E-state index < -0.39 is 5.97 Å². The Balaban J connectivity index is 2.58. The Morgan fingerprint density at radius 2 is 1.94 bits per heavy atom. The Hall–Kier alpha value is -1.26. The summed E-state index contributed by atoms with van der Waals surface area (Å²) in [5, 5.41) is 8.69. The van der Waals surface area contributed by atoms with Crippen LogP contribution in [0.1, 0.15) is 40.0 Å². The lowest BCUT2D eigenvalue weighted by atomic mass is 10.2. The number of hydrogen-bond donors (Lipinski definition) is 1. The van der Waals surface area contributed by atoms with Crippen molar-refractivity contribution >= 4 is 12.0 Å². The van der Waals surface area contributed by atoms with Crippen LogP contribution < -0.4 is 0 Å². The predicted molar refractivity (Wildman–Crippen MR) is 69.5 cm³/mol. The fraction of sp³-hybridized carbons (Fsp3) is 0.846. The van der Waals surface area contributed by atoms with Gasteiger partial charge < -0.3 is 14.9 Å². The van der Waals surface area contributed by atoms with Gasteiger partial charge in [-0.3, -0.25) is 4.79 Å². The fourth-order valence-corrected chi connectivity index (χ4v) is 1.96. The summed E-state index contributed by atoms with van der Waals surface area (Å²) in [6.45, 7) is 7.69. The lowest BCUT2D eigenvalue weighted by molar-refractivity contribution is -0.137. The number of carbonyl (C=O) groups is 2. The van der Waals surface area contributed by atoms with Crippen molar-refractivity contribution in [3.63, 3.8) is 0 Å². The monoisotopic (exact) mass is 256 g/mol. The summed E-state index contributed by atoms with van der Waals surface area (Å²) in [6.07, 6.45) is 2.17. The summed E-state index contributed by atoms with van der Waals surface area (Å²) in [6, 6.07) is 0.369. The minimum atomic E-state index is -0.858. The number of urea groups is 1.